The maximum Gasteiger partial charge on any atom is 0.343 e. The Kier molecular flexibility index (Phi) is 23.5. The van der Waals surface area contributed by atoms with E-state index in [-0.39, 0.29) is 23.5 Å². The molecule has 0 bridgehead atoms. The lowest BCUT2D eigenvalue weighted by molar-refractivity contribution is -0.0594. The number of rotatable bonds is 29. The van der Waals surface area contributed by atoms with Gasteiger partial charge in [-0.3, -0.25) is 0 Å². The summed E-state index contributed by atoms with van der Waals surface area (Å²) in [6.45, 7) is 20.4. The van der Waals surface area contributed by atoms with Crippen molar-refractivity contribution in [2.75, 3.05) is 6.61 Å². The predicted molar refractivity (Wildman–Crippen MR) is 337 cm³/mol. The zero-order valence-electron chi connectivity index (χ0n) is 51.8. The second kappa shape index (κ2) is 30.0. The number of fused-ring (bicyclic) bond motifs is 5. The van der Waals surface area contributed by atoms with Crippen molar-refractivity contribution in [1.82, 2.24) is 0 Å². The number of benzene rings is 3. The molecule has 0 spiro atoms. The van der Waals surface area contributed by atoms with Crippen molar-refractivity contribution in [1.29, 1.82) is 0 Å². The summed E-state index contributed by atoms with van der Waals surface area (Å²) < 4.78 is 25.7. The van der Waals surface area contributed by atoms with Gasteiger partial charge < -0.3 is 18.0 Å². The SMILES string of the molecule is Cc1ccc(OC(=O)c2ccc(CCCCCCCCC[Si]3(C)CCCCO[Si@](C)(CCCCCCCCCc4ccc(C(=O)OC5CCC6(C)C(=CCC7C6CCC6(C)C(C(C)CCCC(C)C)CCC76)C5)cc4)O3)cc2)cc1. The van der Waals surface area contributed by atoms with Crippen LogP contribution in [0.5, 0.6) is 5.75 Å². The topological polar surface area (TPSA) is 71.1 Å². The fourth-order valence-corrected chi connectivity index (χ4v) is 26.0. The van der Waals surface area contributed by atoms with E-state index in [1.54, 1.807) is 5.57 Å². The van der Waals surface area contributed by atoms with E-state index < -0.39 is 16.9 Å². The minimum Gasteiger partial charge on any atom is -0.458 e. The van der Waals surface area contributed by atoms with Crippen LogP contribution in [0.25, 0.3) is 0 Å². The zero-order chi connectivity index (χ0) is 56.6. The van der Waals surface area contributed by atoms with Crippen molar-refractivity contribution in [3.63, 3.8) is 0 Å². The minimum atomic E-state index is -2.16. The molecule has 8 rings (SSSR count). The summed E-state index contributed by atoms with van der Waals surface area (Å²) in [5.41, 5.74) is 7.44. The lowest BCUT2D eigenvalue weighted by Crippen LogP contribution is -2.51. The second-order valence-electron chi connectivity index (χ2n) is 28.1. The second-order valence-corrected chi connectivity index (χ2v) is 35.9. The van der Waals surface area contributed by atoms with E-state index in [0.29, 0.717) is 22.3 Å². The Labute approximate surface area is 489 Å². The smallest absolute Gasteiger partial charge is 0.343 e. The normalized spacial score (nSPS) is 28.9. The predicted octanol–water partition coefficient (Wildman–Crippen LogP) is 20.5. The third-order valence-electron chi connectivity index (χ3n) is 21.4. The van der Waals surface area contributed by atoms with Gasteiger partial charge in [-0.15, -0.1) is 0 Å². The molecule has 0 aromatic heterocycles. The first-order valence-electron chi connectivity index (χ1n) is 33.3. The van der Waals surface area contributed by atoms with Crippen LogP contribution in [0.4, 0.5) is 0 Å². The third-order valence-corrected chi connectivity index (χ3v) is 30.0. The molecule has 80 heavy (non-hydrogen) atoms. The van der Waals surface area contributed by atoms with Crippen LogP contribution in [0, 0.1) is 53.3 Å². The molecule has 0 amide bonds. The summed E-state index contributed by atoms with van der Waals surface area (Å²) in [6, 6.07) is 27.6. The first-order chi connectivity index (χ1) is 38.5. The van der Waals surface area contributed by atoms with Crippen LogP contribution in [0.15, 0.2) is 84.4 Å². The molecule has 1 saturated heterocycles. The Balaban J connectivity index is 0.648. The molecule has 9 unspecified atom stereocenters. The molecule has 1 heterocycles. The fourth-order valence-electron chi connectivity index (χ4n) is 16.5. The summed E-state index contributed by atoms with van der Waals surface area (Å²) in [5.74, 6) is 5.20. The molecule has 6 nitrogen and oxygen atoms in total. The number of carbonyl (C=O) groups is 2. The van der Waals surface area contributed by atoms with Crippen molar-refractivity contribution in [2.24, 2.45) is 46.3 Å². The molecule has 0 N–H and O–H groups in total. The van der Waals surface area contributed by atoms with E-state index >= 15 is 0 Å². The molecule has 4 aliphatic carbocycles. The third kappa shape index (κ3) is 17.4. The largest absolute Gasteiger partial charge is 0.458 e. The Morgan fingerprint density at radius 2 is 1.24 bits per heavy atom. The monoisotopic (exact) mass is 1130 g/mol. The van der Waals surface area contributed by atoms with Gasteiger partial charge in [0.1, 0.15) is 11.9 Å². The number of unbranched alkanes of at least 4 members (excludes halogenated alkanes) is 12. The van der Waals surface area contributed by atoms with Gasteiger partial charge in [-0.05, 0) is 209 Å². The van der Waals surface area contributed by atoms with Gasteiger partial charge in [-0.25, -0.2) is 9.59 Å². The lowest BCUT2D eigenvalue weighted by Gasteiger charge is -2.58. The first-order valence-corrected chi connectivity index (χ1v) is 38.6. The lowest BCUT2D eigenvalue weighted by atomic mass is 9.47. The van der Waals surface area contributed by atoms with Crippen LogP contribution in [-0.4, -0.2) is 41.5 Å². The molecule has 1 aliphatic heterocycles. The first kappa shape index (κ1) is 62.7. The van der Waals surface area contributed by atoms with Gasteiger partial charge in [0.15, 0.2) is 8.32 Å². The number of carbonyl (C=O) groups excluding carboxylic acids is 2. The van der Waals surface area contributed by atoms with Gasteiger partial charge in [-0.2, -0.15) is 0 Å². The van der Waals surface area contributed by atoms with Gasteiger partial charge in [0.2, 0.25) is 0 Å². The van der Waals surface area contributed by atoms with Crippen molar-refractivity contribution in [3.05, 3.63) is 112 Å². The highest BCUT2D eigenvalue weighted by Gasteiger charge is 2.59. The number of ether oxygens (including phenoxy) is 2. The summed E-state index contributed by atoms with van der Waals surface area (Å²) in [7, 11) is -3.95. The molecular formula is C72H110O6Si2. The van der Waals surface area contributed by atoms with E-state index in [2.05, 4.69) is 78.1 Å². The van der Waals surface area contributed by atoms with Gasteiger partial charge in [0.25, 0.3) is 0 Å². The van der Waals surface area contributed by atoms with Gasteiger partial charge in [0, 0.05) is 13.0 Å². The standard InChI is InChI=1S/C72H110O6Si2/c1-55(2)26-25-27-57(4)66-44-45-67-65-43-40-62-54-64(46-48-71(62,5)68(65)47-49-72(66,67)6)77-70(74)61-38-34-59(35-39-61)29-20-16-12-10-14-18-23-53-80(8)75-50-21-24-52-79(7,78-80)51-22-17-13-9-11-15-19-28-58-32-36-60(37-33-58)69(73)76-63-41-30-56(3)31-42-63/h30-42,55,57,64-68H,9-29,43-54H2,1-8H3/t57?,64?,65?,66?,67?,68?,71?,72?,79?,80-/m0/s1. The maximum atomic E-state index is 13.5. The van der Waals surface area contributed by atoms with Crippen LogP contribution < -0.4 is 4.74 Å². The van der Waals surface area contributed by atoms with E-state index in [0.717, 1.165) is 85.8 Å². The number of esters is 2. The summed E-state index contributed by atoms with van der Waals surface area (Å²) in [6.07, 6.45) is 39.2. The highest BCUT2D eigenvalue weighted by molar-refractivity contribution is 6.83. The van der Waals surface area contributed by atoms with Crippen LogP contribution in [0.2, 0.25) is 31.2 Å². The molecular weight excluding hydrogens is 1020 g/mol. The fraction of sp³-hybridized carbons (Fsp3) is 0.694. The zero-order valence-corrected chi connectivity index (χ0v) is 53.8. The maximum absolute atomic E-state index is 13.5. The molecule has 0 radical (unpaired) electrons. The number of hydrogen-bond acceptors (Lipinski definition) is 6. The summed E-state index contributed by atoms with van der Waals surface area (Å²) in [4.78, 5) is 26.1. The molecule has 3 aromatic carbocycles. The van der Waals surface area contributed by atoms with E-state index in [1.165, 1.54) is 177 Å². The molecule has 8 heteroatoms. The van der Waals surface area contributed by atoms with Crippen molar-refractivity contribution < 1.29 is 27.6 Å². The number of allylic oxidation sites excluding steroid dienone is 1. The average Bonchev–Trinajstić information content (AvgIpc) is 4.03. The summed E-state index contributed by atoms with van der Waals surface area (Å²) >= 11 is 0. The van der Waals surface area contributed by atoms with Crippen LogP contribution >= 0.6 is 0 Å². The molecule has 3 saturated carbocycles. The Morgan fingerprint density at radius 3 is 1.88 bits per heavy atom. The van der Waals surface area contributed by atoms with Crippen molar-refractivity contribution in [2.45, 2.75) is 265 Å². The van der Waals surface area contributed by atoms with Crippen LogP contribution in [0.1, 0.15) is 245 Å². The summed E-state index contributed by atoms with van der Waals surface area (Å²) in [5, 5.41) is 0. The van der Waals surface area contributed by atoms with Crippen LogP contribution in [0.3, 0.4) is 0 Å². The van der Waals surface area contributed by atoms with E-state index in [9.17, 15) is 9.59 Å². The number of aryl methyl sites for hydroxylation is 3. The van der Waals surface area contributed by atoms with Crippen molar-refractivity contribution in [3.8, 4) is 5.75 Å². The average molecular weight is 1130 g/mol. The highest BCUT2D eigenvalue weighted by atomic mass is 28.4. The molecule has 10 atom stereocenters. The van der Waals surface area contributed by atoms with E-state index in [1.807, 2.05) is 55.5 Å². The van der Waals surface area contributed by atoms with Gasteiger partial charge in [-0.1, -0.05) is 191 Å². The Hall–Kier alpha value is -3.31. The van der Waals surface area contributed by atoms with Gasteiger partial charge >= 0.3 is 20.5 Å². The Bertz CT molecular complexity index is 2400. The molecule has 3 aromatic rings. The highest BCUT2D eigenvalue weighted by Crippen LogP contribution is 2.67. The van der Waals surface area contributed by atoms with Crippen LogP contribution in [-0.2, 0) is 26.1 Å². The molecule has 442 valence electrons. The van der Waals surface area contributed by atoms with Gasteiger partial charge in [0.05, 0.1) is 11.1 Å². The minimum absolute atomic E-state index is 0.00400. The molecule has 5 aliphatic rings. The quantitative estimate of drug-likeness (QED) is 0.0227. The Morgan fingerprint density at radius 1 is 0.637 bits per heavy atom. The molecule has 4 fully saturated rings. The van der Waals surface area contributed by atoms with Crippen molar-refractivity contribution >= 4 is 28.8 Å². The van der Waals surface area contributed by atoms with E-state index in [4.69, 9.17) is 18.0 Å². The number of hydrogen-bond donors (Lipinski definition) is 0.